The largest absolute Gasteiger partial charge is 0.495 e. The standard InChI is InChI=1S/C13H20BrNO/c1-5-9(2)10(3)15-11-6-7-12(14)13(8-11)16-4/h6-10,15H,5H2,1-4H3. The molecule has 2 unspecified atom stereocenters. The Morgan fingerprint density at radius 3 is 2.62 bits per heavy atom. The van der Waals surface area contributed by atoms with E-state index in [9.17, 15) is 0 Å². The summed E-state index contributed by atoms with van der Waals surface area (Å²) in [5, 5.41) is 3.49. The van der Waals surface area contributed by atoms with Gasteiger partial charge in [-0.15, -0.1) is 0 Å². The zero-order chi connectivity index (χ0) is 12.1. The predicted molar refractivity (Wildman–Crippen MR) is 73.2 cm³/mol. The van der Waals surface area contributed by atoms with Crippen molar-refractivity contribution < 1.29 is 4.74 Å². The zero-order valence-corrected chi connectivity index (χ0v) is 12.0. The van der Waals surface area contributed by atoms with Crippen molar-refractivity contribution in [3.8, 4) is 5.75 Å². The Labute approximate surface area is 107 Å². The molecule has 1 rings (SSSR count). The number of halogens is 1. The number of rotatable bonds is 5. The molecule has 0 aliphatic carbocycles. The second kappa shape index (κ2) is 6.14. The van der Waals surface area contributed by atoms with Crippen molar-refractivity contribution in [2.24, 2.45) is 5.92 Å². The van der Waals surface area contributed by atoms with E-state index in [2.05, 4.69) is 48.1 Å². The van der Waals surface area contributed by atoms with Crippen molar-refractivity contribution in [2.45, 2.75) is 33.2 Å². The average Bonchev–Trinajstić information content (AvgIpc) is 2.30. The van der Waals surface area contributed by atoms with Crippen LogP contribution in [0.1, 0.15) is 27.2 Å². The smallest absolute Gasteiger partial charge is 0.135 e. The van der Waals surface area contributed by atoms with Gasteiger partial charge >= 0.3 is 0 Å². The maximum Gasteiger partial charge on any atom is 0.135 e. The van der Waals surface area contributed by atoms with E-state index < -0.39 is 0 Å². The molecule has 0 saturated carbocycles. The van der Waals surface area contributed by atoms with Gasteiger partial charge in [0, 0.05) is 17.8 Å². The molecule has 0 amide bonds. The molecule has 16 heavy (non-hydrogen) atoms. The number of benzene rings is 1. The maximum absolute atomic E-state index is 5.27. The topological polar surface area (TPSA) is 21.3 Å². The fraction of sp³-hybridized carbons (Fsp3) is 0.538. The van der Waals surface area contributed by atoms with Gasteiger partial charge in [-0.1, -0.05) is 20.3 Å². The molecule has 0 spiro atoms. The lowest BCUT2D eigenvalue weighted by molar-refractivity contribution is 0.412. The van der Waals surface area contributed by atoms with Crippen molar-refractivity contribution in [1.82, 2.24) is 0 Å². The highest BCUT2D eigenvalue weighted by molar-refractivity contribution is 9.10. The van der Waals surface area contributed by atoms with E-state index in [0.29, 0.717) is 12.0 Å². The van der Waals surface area contributed by atoms with Gasteiger partial charge in [-0.2, -0.15) is 0 Å². The van der Waals surface area contributed by atoms with E-state index >= 15 is 0 Å². The van der Waals surface area contributed by atoms with Crippen LogP contribution >= 0.6 is 15.9 Å². The highest BCUT2D eigenvalue weighted by Gasteiger charge is 2.10. The minimum Gasteiger partial charge on any atom is -0.495 e. The molecule has 90 valence electrons. The van der Waals surface area contributed by atoms with Crippen molar-refractivity contribution >= 4 is 21.6 Å². The Hall–Kier alpha value is -0.700. The normalized spacial score (nSPS) is 14.3. The third-order valence-electron chi connectivity index (χ3n) is 3.04. The van der Waals surface area contributed by atoms with Gasteiger partial charge in [0.1, 0.15) is 5.75 Å². The molecule has 0 fully saturated rings. The Balaban J connectivity index is 2.74. The Kier molecular flexibility index (Phi) is 5.13. The lowest BCUT2D eigenvalue weighted by Gasteiger charge is -2.21. The SMILES string of the molecule is CCC(C)C(C)Nc1ccc(Br)c(OC)c1. The molecule has 0 radical (unpaired) electrons. The van der Waals surface area contributed by atoms with Gasteiger partial charge in [0.25, 0.3) is 0 Å². The summed E-state index contributed by atoms with van der Waals surface area (Å²) < 4.78 is 6.25. The molecule has 0 aliphatic rings. The van der Waals surface area contributed by atoms with Crippen LogP contribution in [0, 0.1) is 5.92 Å². The fourth-order valence-electron chi connectivity index (χ4n) is 1.51. The molecule has 0 aliphatic heterocycles. The van der Waals surface area contributed by atoms with E-state index in [0.717, 1.165) is 15.9 Å². The minimum absolute atomic E-state index is 0.468. The van der Waals surface area contributed by atoms with Crippen LogP contribution in [0.15, 0.2) is 22.7 Å². The number of nitrogens with one attached hydrogen (secondary N) is 1. The van der Waals surface area contributed by atoms with Gasteiger partial charge in [-0.25, -0.2) is 0 Å². The minimum atomic E-state index is 0.468. The van der Waals surface area contributed by atoms with Crippen molar-refractivity contribution in [3.05, 3.63) is 22.7 Å². The van der Waals surface area contributed by atoms with Crippen LogP contribution < -0.4 is 10.1 Å². The first kappa shape index (κ1) is 13.4. The van der Waals surface area contributed by atoms with Crippen LogP contribution in [-0.4, -0.2) is 13.2 Å². The molecule has 1 aromatic rings. The molecule has 3 heteroatoms. The summed E-state index contributed by atoms with van der Waals surface area (Å²) in [5.74, 6) is 1.52. The summed E-state index contributed by atoms with van der Waals surface area (Å²) in [7, 11) is 1.68. The van der Waals surface area contributed by atoms with Crippen LogP contribution in [-0.2, 0) is 0 Å². The number of hydrogen-bond acceptors (Lipinski definition) is 2. The summed E-state index contributed by atoms with van der Waals surface area (Å²) in [6.07, 6.45) is 1.18. The maximum atomic E-state index is 5.27. The molecule has 2 nitrogen and oxygen atoms in total. The monoisotopic (exact) mass is 285 g/mol. The van der Waals surface area contributed by atoms with Crippen molar-refractivity contribution in [1.29, 1.82) is 0 Å². The first-order valence-electron chi connectivity index (χ1n) is 5.68. The molecule has 1 N–H and O–H groups in total. The molecular formula is C13H20BrNO. The highest BCUT2D eigenvalue weighted by atomic mass is 79.9. The van der Waals surface area contributed by atoms with Crippen LogP contribution in [0.25, 0.3) is 0 Å². The summed E-state index contributed by atoms with van der Waals surface area (Å²) >= 11 is 3.45. The second-order valence-corrected chi connectivity index (χ2v) is 5.02. The fourth-order valence-corrected chi connectivity index (χ4v) is 1.92. The highest BCUT2D eigenvalue weighted by Crippen LogP contribution is 2.28. The van der Waals surface area contributed by atoms with Crippen LogP contribution in [0.4, 0.5) is 5.69 Å². The summed E-state index contributed by atoms with van der Waals surface area (Å²) in [6.45, 7) is 6.68. The molecule has 1 aromatic carbocycles. The lowest BCUT2D eigenvalue weighted by atomic mass is 10.0. The molecular weight excluding hydrogens is 266 g/mol. The van der Waals surface area contributed by atoms with Crippen LogP contribution in [0.3, 0.4) is 0 Å². The van der Waals surface area contributed by atoms with Gasteiger partial charge in [0.15, 0.2) is 0 Å². The zero-order valence-electron chi connectivity index (χ0n) is 10.4. The second-order valence-electron chi connectivity index (χ2n) is 4.17. The molecule has 0 bridgehead atoms. The number of hydrogen-bond donors (Lipinski definition) is 1. The van der Waals surface area contributed by atoms with Gasteiger partial charge in [-0.05, 0) is 40.9 Å². The van der Waals surface area contributed by atoms with Gasteiger partial charge in [0.2, 0.25) is 0 Å². The van der Waals surface area contributed by atoms with Crippen LogP contribution in [0.2, 0.25) is 0 Å². The molecule has 0 aromatic heterocycles. The summed E-state index contributed by atoms with van der Waals surface area (Å²) in [6, 6.07) is 6.55. The third kappa shape index (κ3) is 3.41. The average molecular weight is 286 g/mol. The van der Waals surface area contributed by atoms with E-state index in [1.165, 1.54) is 6.42 Å². The van der Waals surface area contributed by atoms with Gasteiger partial charge in [0.05, 0.1) is 11.6 Å². The van der Waals surface area contributed by atoms with E-state index in [1.807, 2.05) is 12.1 Å². The molecule has 0 saturated heterocycles. The van der Waals surface area contributed by atoms with E-state index in [4.69, 9.17) is 4.74 Å². The van der Waals surface area contributed by atoms with Crippen molar-refractivity contribution in [3.63, 3.8) is 0 Å². The summed E-state index contributed by atoms with van der Waals surface area (Å²) in [4.78, 5) is 0. The Morgan fingerprint density at radius 1 is 1.38 bits per heavy atom. The first-order chi connectivity index (χ1) is 7.58. The predicted octanol–water partition coefficient (Wildman–Crippen LogP) is 4.30. The van der Waals surface area contributed by atoms with Gasteiger partial charge < -0.3 is 10.1 Å². The van der Waals surface area contributed by atoms with E-state index in [-0.39, 0.29) is 0 Å². The summed E-state index contributed by atoms with van der Waals surface area (Å²) in [5.41, 5.74) is 1.10. The molecule has 0 heterocycles. The number of ether oxygens (including phenoxy) is 1. The first-order valence-corrected chi connectivity index (χ1v) is 6.47. The quantitative estimate of drug-likeness (QED) is 0.871. The Bertz CT molecular complexity index is 341. The third-order valence-corrected chi connectivity index (χ3v) is 3.70. The Morgan fingerprint density at radius 2 is 2.06 bits per heavy atom. The number of methoxy groups -OCH3 is 1. The van der Waals surface area contributed by atoms with Crippen molar-refractivity contribution in [2.75, 3.05) is 12.4 Å². The molecule has 2 atom stereocenters. The van der Waals surface area contributed by atoms with E-state index in [1.54, 1.807) is 7.11 Å². The van der Waals surface area contributed by atoms with Gasteiger partial charge in [-0.3, -0.25) is 0 Å². The van der Waals surface area contributed by atoms with Crippen LogP contribution in [0.5, 0.6) is 5.75 Å². The lowest BCUT2D eigenvalue weighted by Crippen LogP contribution is -2.23. The number of anilines is 1.